The third-order valence-electron chi connectivity index (χ3n) is 5.06. The van der Waals surface area contributed by atoms with Crippen molar-refractivity contribution >= 4 is 33.2 Å². The lowest BCUT2D eigenvalue weighted by atomic mass is 10.1. The summed E-state index contributed by atoms with van der Waals surface area (Å²) in [5, 5.41) is 3.10. The Labute approximate surface area is 210 Å². The van der Waals surface area contributed by atoms with Crippen molar-refractivity contribution in [1.82, 2.24) is 5.32 Å². The average molecular weight is 519 g/mol. The van der Waals surface area contributed by atoms with Crippen LogP contribution < -0.4 is 23.8 Å². The summed E-state index contributed by atoms with van der Waals surface area (Å²) < 4.78 is 42.0. The van der Waals surface area contributed by atoms with E-state index in [0.717, 1.165) is 6.26 Å². The number of rotatable bonds is 11. The molecule has 0 saturated heterocycles. The summed E-state index contributed by atoms with van der Waals surface area (Å²) in [6.07, 6.45) is 1.13. The molecule has 10 heteroatoms. The second-order valence-corrected chi connectivity index (χ2v) is 9.88. The van der Waals surface area contributed by atoms with Crippen LogP contribution in [0.4, 0.5) is 5.69 Å². The number of benzene rings is 3. The van der Waals surface area contributed by atoms with Crippen molar-refractivity contribution in [3.05, 3.63) is 82.9 Å². The number of nitrogens with one attached hydrogen (secondary N) is 1. The molecule has 186 valence electrons. The molecule has 3 rings (SSSR count). The van der Waals surface area contributed by atoms with Gasteiger partial charge in [-0.1, -0.05) is 29.8 Å². The number of carbonyl (C=O) groups excluding carboxylic acids is 1. The molecule has 0 aliphatic carbocycles. The van der Waals surface area contributed by atoms with Crippen LogP contribution in [0.1, 0.15) is 15.9 Å². The second kappa shape index (κ2) is 11.8. The monoisotopic (exact) mass is 518 g/mol. The van der Waals surface area contributed by atoms with Crippen molar-refractivity contribution in [2.24, 2.45) is 0 Å². The van der Waals surface area contributed by atoms with Gasteiger partial charge in [0.1, 0.15) is 23.9 Å². The molecule has 0 atom stereocenters. The predicted octanol–water partition coefficient (Wildman–Crippen LogP) is 4.13. The summed E-state index contributed by atoms with van der Waals surface area (Å²) in [4.78, 5) is 12.4. The van der Waals surface area contributed by atoms with E-state index in [0.29, 0.717) is 52.2 Å². The molecule has 35 heavy (non-hydrogen) atoms. The molecule has 0 aliphatic rings. The van der Waals surface area contributed by atoms with E-state index >= 15 is 0 Å². The summed E-state index contributed by atoms with van der Waals surface area (Å²) in [5.41, 5.74) is 1.57. The zero-order valence-electron chi connectivity index (χ0n) is 19.7. The van der Waals surface area contributed by atoms with E-state index in [1.54, 1.807) is 49.6 Å². The molecule has 8 nitrogen and oxygen atoms in total. The van der Waals surface area contributed by atoms with Crippen molar-refractivity contribution < 1.29 is 27.4 Å². The van der Waals surface area contributed by atoms with E-state index in [1.807, 2.05) is 18.2 Å². The Balaban J connectivity index is 1.59. The quantitative estimate of drug-likeness (QED) is 0.383. The molecular weight excluding hydrogens is 492 g/mol. The number of hydrogen-bond acceptors (Lipinski definition) is 6. The largest absolute Gasteiger partial charge is 0.497 e. The van der Waals surface area contributed by atoms with Crippen molar-refractivity contribution in [1.29, 1.82) is 0 Å². The Hall–Kier alpha value is -3.43. The van der Waals surface area contributed by atoms with Crippen molar-refractivity contribution in [3.63, 3.8) is 0 Å². The molecule has 0 spiro atoms. The zero-order chi connectivity index (χ0) is 25.4. The fourth-order valence-electron chi connectivity index (χ4n) is 3.26. The first-order valence-corrected chi connectivity index (χ1v) is 12.9. The molecule has 0 fully saturated rings. The molecule has 0 heterocycles. The van der Waals surface area contributed by atoms with Crippen LogP contribution in [0.25, 0.3) is 0 Å². The molecule has 1 amide bonds. The van der Waals surface area contributed by atoms with Crippen molar-refractivity contribution in [3.8, 4) is 17.2 Å². The molecule has 0 bridgehead atoms. The fraction of sp³-hybridized carbons (Fsp3) is 0.240. The lowest BCUT2D eigenvalue weighted by molar-refractivity contribution is 0.0947. The Morgan fingerprint density at radius 3 is 2.31 bits per heavy atom. The Bertz CT molecular complexity index is 1270. The smallest absolute Gasteiger partial charge is 0.251 e. The van der Waals surface area contributed by atoms with Gasteiger partial charge < -0.3 is 19.5 Å². The minimum atomic E-state index is -3.59. The first kappa shape index (κ1) is 26.2. The van der Waals surface area contributed by atoms with Gasteiger partial charge >= 0.3 is 0 Å². The Morgan fingerprint density at radius 1 is 0.971 bits per heavy atom. The molecular formula is C25H27ClN2O6S. The number of hydrogen-bond donors (Lipinski definition) is 1. The van der Waals surface area contributed by atoms with Crippen LogP contribution in [-0.4, -0.2) is 48.0 Å². The SMILES string of the molecule is COc1cccc(OCCNC(=O)c2ccc(CN(c3ccc(OC)c(Cl)c3)S(C)(=O)=O)cc2)c1. The van der Waals surface area contributed by atoms with E-state index in [4.69, 9.17) is 25.8 Å². The van der Waals surface area contributed by atoms with Crippen LogP contribution in [-0.2, 0) is 16.6 Å². The predicted molar refractivity (Wildman–Crippen MR) is 136 cm³/mol. The Kier molecular flexibility index (Phi) is 8.84. The van der Waals surface area contributed by atoms with Gasteiger partial charge in [-0.05, 0) is 48.0 Å². The topological polar surface area (TPSA) is 94.2 Å². The Morgan fingerprint density at radius 2 is 1.69 bits per heavy atom. The molecule has 0 unspecified atom stereocenters. The number of anilines is 1. The van der Waals surface area contributed by atoms with Gasteiger partial charge in [0, 0.05) is 11.6 Å². The highest BCUT2D eigenvalue weighted by molar-refractivity contribution is 7.92. The highest BCUT2D eigenvalue weighted by Crippen LogP contribution is 2.31. The van der Waals surface area contributed by atoms with Crippen LogP contribution in [0.15, 0.2) is 66.7 Å². The molecule has 3 aromatic rings. The number of amides is 1. The van der Waals surface area contributed by atoms with Gasteiger partial charge in [0.15, 0.2) is 0 Å². The van der Waals surface area contributed by atoms with Gasteiger partial charge in [-0.25, -0.2) is 8.42 Å². The fourth-order valence-corrected chi connectivity index (χ4v) is 4.40. The summed E-state index contributed by atoms with van der Waals surface area (Å²) in [6.45, 7) is 0.695. The maximum atomic E-state index is 12.4. The first-order valence-electron chi connectivity index (χ1n) is 10.7. The number of nitrogens with zero attached hydrogens (tertiary/aromatic N) is 1. The zero-order valence-corrected chi connectivity index (χ0v) is 21.2. The van der Waals surface area contributed by atoms with Gasteiger partial charge in [0.2, 0.25) is 10.0 Å². The molecule has 0 radical (unpaired) electrons. The minimum absolute atomic E-state index is 0.0811. The van der Waals surface area contributed by atoms with Gasteiger partial charge in [0.25, 0.3) is 5.91 Å². The molecule has 0 aliphatic heterocycles. The first-order chi connectivity index (χ1) is 16.7. The normalized spacial score (nSPS) is 11.0. The molecule has 0 aromatic heterocycles. The summed E-state index contributed by atoms with van der Waals surface area (Å²) in [7, 11) is -0.520. The van der Waals surface area contributed by atoms with Crippen LogP contribution in [0, 0.1) is 0 Å². The summed E-state index contributed by atoms with van der Waals surface area (Å²) in [6, 6.07) is 18.7. The van der Waals surface area contributed by atoms with Crippen LogP contribution >= 0.6 is 11.6 Å². The minimum Gasteiger partial charge on any atom is -0.497 e. The number of methoxy groups -OCH3 is 2. The summed E-state index contributed by atoms with van der Waals surface area (Å²) in [5.74, 6) is 1.54. The third kappa shape index (κ3) is 7.27. The number of sulfonamides is 1. The lowest BCUT2D eigenvalue weighted by Crippen LogP contribution is -2.29. The highest BCUT2D eigenvalue weighted by atomic mass is 35.5. The van der Waals surface area contributed by atoms with E-state index < -0.39 is 10.0 Å². The van der Waals surface area contributed by atoms with E-state index in [-0.39, 0.29) is 12.5 Å². The van der Waals surface area contributed by atoms with Crippen molar-refractivity contribution in [2.75, 3.05) is 37.9 Å². The molecule has 3 aromatic carbocycles. The second-order valence-electron chi connectivity index (χ2n) is 7.57. The molecule has 0 saturated carbocycles. The maximum Gasteiger partial charge on any atom is 0.251 e. The van der Waals surface area contributed by atoms with Gasteiger partial charge in [0.05, 0.1) is 44.3 Å². The summed E-state index contributed by atoms with van der Waals surface area (Å²) >= 11 is 6.18. The van der Waals surface area contributed by atoms with Gasteiger partial charge in [-0.15, -0.1) is 0 Å². The van der Waals surface area contributed by atoms with Crippen LogP contribution in [0.3, 0.4) is 0 Å². The third-order valence-corrected chi connectivity index (χ3v) is 6.50. The van der Waals surface area contributed by atoms with E-state index in [2.05, 4.69) is 5.32 Å². The van der Waals surface area contributed by atoms with Crippen LogP contribution in [0.5, 0.6) is 17.2 Å². The maximum absolute atomic E-state index is 12.4. The van der Waals surface area contributed by atoms with E-state index in [1.165, 1.54) is 17.5 Å². The standard InChI is InChI=1S/C25H27ClN2O6S/c1-32-21-5-4-6-22(16-21)34-14-13-27-25(29)19-9-7-18(8-10-19)17-28(35(3,30)31)20-11-12-24(33-2)23(26)15-20/h4-12,15-16H,13-14,17H2,1-3H3,(H,27,29). The highest BCUT2D eigenvalue weighted by Gasteiger charge is 2.19. The average Bonchev–Trinajstić information content (AvgIpc) is 2.84. The van der Waals surface area contributed by atoms with Crippen molar-refractivity contribution in [2.45, 2.75) is 6.54 Å². The number of halogens is 1. The van der Waals surface area contributed by atoms with Gasteiger partial charge in [-0.2, -0.15) is 0 Å². The van der Waals surface area contributed by atoms with Gasteiger partial charge in [-0.3, -0.25) is 9.10 Å². The number of carbonyl (C=O) groups is 1. The number of ether oxygens (including phenoxy) is 3. The van der Waals surface area contributed by atoms with E-state index in [9.17, 15) is 13.2 Å². The molecule has 1 N–H and O–H groups in total. The lowest BCUT2D eigenvalue weighted by Gasteiger charge is -2.23. The van der Waals surface area contributed by atoms with Crippen LogP contribution in [0.2, 0.25) is 5.02 Å².